The Balaban J connectivity index is 2.28. The normalized spacial score (nSPS) is 12.4. The molecule has 0 aromatic heterocycles. The molecule has 0 bridgehead atoms. The number of hydrogen-bond acceptors (Lipinski definition) is 2. The summed E-state index contributed by atoms with van der Waals surface area (Å²) < 4.78 is 26.3. The quantitative estimate of drug-likeness (QED) is 0.831. The Morgan fingerprint density at radius 2 is 1.90 bits per heavy atom. The fourth-order valence-electron chi connectivity index (χ4n) is 1.90. The van der Waals surface area contributed by atoms with Crippen molar-refractivity contribution < 1.29 is 8.78 Å². The molecule has 0 spiro atoms. The minimum atomic E-state index is -0.847. The highest BCUT2D eigenvalue weighted by Crippen LogP contribution is 2.33. The van der Waals surface area contributed by atoms with Crippen LogP contribution in [0.1, 0.15) is 18.9 Å². The molecule has 5 heteroatoms. The van der Waals surface area contributed by atoms with Crippen molar-refractivity contribution in [3.8, 4) is 0 Å². The summed E-state index contributed by atoms with van der Waals surface area (Å²) in [5.74, 6) is -1.69. The van der Waals surface area contributed by atoms with E-state index in [4.69, 9.17) is 17.3 Å². The highest BCUT2D eigenvalue weighted by atomic mass is 35.5. The van der Waals surface area contributed by atoms with E-state index in [1.54, 1.807) is 12.1 Å². The van der Waals surface area contributed by atoms with Crippen molar-refractivity contribution in [1.29, 1.82) is 0 Å². The molecule has 0 aliphatic rings. The first-order chi connectivity index (χ1) is 9.99. The lowest BCUT2D eigenvalue weighted by Crippen LogP contribution is -2.21. The van der Waals surface area contributed by atoms with Crippen molar-refractivity contribution in [2.45, 2.75) is 35.6 Å². The summed E-state index contributed by atoms with van der Waals surface area (Å²) in [6.45, 7) is 2.03. The number of halogens is 3. The van der Waals surface area contributed by atoms with Crippen LogP contribution in [0.15, 0.2) is 46.2 Å². The van der Waals surface area contributed by atoms with Crippen LogP contribution >= 0.6 is 23.4 Å². The number of nitrogens with two attached hydrogens (primary N) is 1. The third-order valence-corrected chi connectivity index (χ3v) is 4.49. The predicted molar refractivity (Wildman–Crippen MR) is 83.9 cm³/mol. The van der Waals surface area contributed by atoms with Gasteiger partial charge in [-0.05, 0) is 54.8 Å². The molecular formula is C16H16ClF2NS. The molecule has 0 aliphatic carbocycles. The third-order valence-electron chi connectivity index (χ3n) is 3.15. The number of rotatable bonds is 5. The van der Waals surface area contributed by atoms with Gasteiger partial charge in [-0.3, -0.25) is 0 Å². The van der Waals surface area contributed by atoms with E-state index in [0.717, 1.165) is 22.9 Å². The molecule has 0 saturated carbocycles. The van der Waals surface area contributed by atoms with Crippen molar-refractivity contribution in [3.05, 3.63) is 58.6 Å². The monoisotopic (exact) mass is 327 g/mol. The lowest BCUT2D eigenvalue weighted by molar-refractivity contribution is 0.506. The van der Waals surface area contributed by atoms with Gasteiger partial charge in [0.25, 0.3) is 0 Å². The van der Waals surface area contributed by atoms with E-state index >= 15 is 0 Å². The van der Waals surface area contributed by atoms with Gasteiger partial charge in [-0.25, -0.2) is 8.78 Å². The van der Waals surface area contributed by atoms with Gasteiger partial charge in [0, 0.05) is 20.9 Å². The first-order valence-corrected chi connectivity index (χ1v) is 7.86. The first-order valence-electron chi connectivity index (χ1n) is 6.66. The van der Waals surface area contributed by atoms with E-state index in [9.17, 15) is 8.78 Å². The van der Waals surface area contributed by atoms with E-state index in [2.05, 4.69) is 0 Å². The largest absolute Gasteiger partial charge is 0.327 e. The maximum atomic E-state index is 13.3. The first kappa shape index (κ1) is 16.3. The molecule has 1 unspecified atom stereocenters. The van der Waals surface area contributed by atoms with Crippen molar-refractivity contribution in [1.82, 2.24) is 0 Å². The molecule has 2 rings (SSSR count). The molecule has 0 heterocycles. The summed E-state index contributed by atoms with van der Waals surface area (Å²) in [6.07, 6.45) is 1.56. The van der Waals surface area contributed by atoms with Gasteiger partial charge >= 0.3 is 0 Å². The van der Waals surface area contributed by atoms with Crippen molar-refractivity contribution in [2.75, 3.05) is 0 Å². The molecule has 1 atom stereocenters. The molecule has 21 heavy (non-hydrogen) atoms. The number of hydrogen-bond donors (Lipinski definition) is 1. The zero-order valence-corrected chi connectivity index (χ0v) is 13.1. The molecule has 112 valence electrons. The van der Waals surface area contributed by atoms with Crippen LogP contribution in [0, 0.1) is 11.6 Å². The van der Waals surface area contributed by atoms with Gasteiger partial charge in [0.1, 0.15) is 0 Å². The fraction of sp³-hybridized carbons (Fsp3) is 0.250. The second kappa shape index (κ2) is 7.25. The maximum absolute atomic E-state index is 13.3. The molecule has 0 saturated heterocycles. The number of benzene rings is 2. The Labute approximate surface area is 132 Å². The lowest BCUT2D eigenvalue weighted by atomic mass is 10.0. The Bertz CT molecular complexity index is 634. The molecule has 0 fully saturated rings. The van der Waals surface area contributed by atoms with Gasteiger partial charge in [-0.1, -0.05) is 30.3 Å². The second-order valence-electron chi connectivity index (χ2n) is 4.80. The molecule has 2 aromatic rings. The molecule has 2 aromatic carbocycles. The van der Waals surface area contributed by atoms with Gasteiger partial charge < -0.3 is 5.73 Å². The van der Waals surface area contributed by atoms with Crippen LogP contribution in [0.3, 0.4) is 0 Å². The van der Waals surface area contributed by atoms with Crippen molar-refractivity contribution in [3.63, 3.8) is 0 Å². The highest BCUT2D eigenvalue weighted by molar-refractivity contribution is 7.99. The maximum Gasteiger partial charge on any atom is 0.159 e. The van der Waals surface area contributed by atoms with E-state index in [0.29, 0.717) is 16.3 Å². The fourth-order valence-corrected chi connectivity index (χ4v) is 3.06. The predicted octanol–water partition coefficient (Wildman–Crippen LogP) is 5.05. The van der Waals surface area contributed by atoms with Crippen LogP contribution in [0.2, 0.25) is 5.02 Å². The van der Waals surface area contributed by atoms with Crippen molar-refractivity contribution >= 4 is 23.4 Å². The average molecular weight is 328 g/mol. The second-order valence-corrected chi connectivity index (χ2v) is 6.35. The van der Waals surface area contributed by atoms with E-state index < -0.39 is 11.6 Å². The molecule has 0 amide bonds. The van der Waals surface area contributed by atoms with E-state index in [-0.39, 0.29) is 6.04 Å². The Kier molecular flexibility index (Phi) is 5.62. The molecule has 1 nitrogen and oxygen atoms in total. The lowest BCUT2D eigenvalue weighted by Gasteiger charge is -2.13. The van der Waals surface area contributed by atoms with Crippen LogP contribution in [0.5, 0.6) is 0 Å². The summed E-state index contributed by atoms with van der Waals surface area (Å²) in [5, 5.41) is 0.642. The van der Waals surface area contributed by atoms with Gasteiger partial charge in [0.05, 0.1) is 0 Å². The summed E-state index contributed by atoms with van der Waals surface area (Å²) in [4.78, 5) is 1.59. The molecule has 0 radical (unpaired) electrons. The SMILES string of the molecule is CCC(N)Cc1cc(Cl)ccc1Sc1ccc(F)c(F)c1. The van der Waals surface area contributed by atoms with Gasteiger partial charge in [-0.2, -0.15) is 0 Å². The highest BCUT2D eigenvalue weighted by Gasteiger charge is 2.10. The third kappa shape index (κ3) is 4.43. The van der Waals surface area contributed by atoms with Crippen LogP contribution in [-0.2, 0) is 6.42 Å². The van der Waals surface area contributed by atoms with Gasteiger partial charge in [0.2, 0.25) is 0 Å². The zero-order chi connectivity index (χ0) is 15.4. The van der Waals surface area contributed by atoms with Crippen LogP contribution in [0.25, 0.3) is 0 Å². The summed E-state index contributed by atoms with van der Waals surface area (Å²) in [6, 6.07) is 9.47. The Morgan fingerprint density at radius 3 is 2.57 bits per heavy atom. The summed E-state index contributed by atoms with van der Waals surface area (Å²) in [7, 11) is 0. The average Bonchev–Trinajstić information content (AvgIpc) is 2.45. The van der Waals surface area contributed by atoms with Crippen LogP contribution < -0.4 is 5.73 Å². The Morgan fingerprint density at radius 1 is 1.14 bits per heavy atom. The van der Waals surface area contributed by atoms with E-state index in [1.165, 1.54) is 17.8 Å². The smallest absolute Gasteiger partial charge is 0.159 e. The van der Waals surface area contributed by atoms with Gasteiger partial charge in [-0.15, -0.1) is 0 Å². The molecule has 0 aliphatic heterocycles. The topological polar surface area (TPSA) is 26.0 Å². The Hall–Kier alpha value is -1.10. The molecular weight excluding hydrogens is 312 g/mol. The van der Waals surface area contributed by atoms with Crippen molar-refractivity contribution in [2.24, 2.45) is 5.73 Å². The summed E-state index contributed by atoms with van der Waals surface area (Å²) >= 11 is 7.41. The summed E-state index contributed by atoms with van der Waals surface area (Å²) in [5.41, 5.74) is 7.02. The van der Waals surface area contributed by atoms with Gasteiger partial charge in [0.15, 0.2) is 11.6 Å². The van der Waals surface area contributed by atoms with E-state index in [1.807, 2.05) is 19.1 Å². The van der Waals surface area contributed by atoms with Crippen LogP contribution in [-0.4, -0.2) is 6.04 Å². The minimum Gasteiger partial charge on any atom is -0.327 e. The molecule has 2 N–H and O–H groups in total. The minimum absolute atomic E-state index is 0.0489. The standard InChI is InChI=1S/C16H16ClF2NS/c1-2-12(20)8-10-7-11(17)3-6-16(10)21-13-4-5-14(18)15(19)9-13/h3-7,9,12H,2,8,20H2,1H3. The zero-order valence-electron chi connectivity index (χ0n) is 11.6. The van der Waals surface area contributed by atoms with Crippen LogP contribution in [0.4, 0.5) is 8.78 Å².